The summed E-state index contributed by atoms with van der Waals surface area (Å²) in [7, 11) is -10.2. The summed E-state index contributed by atoms with van der Waals surface area (Å²) in [5.41, 5.74) is 7.75. The molecule has 6 aliphatic rings. The first-order valence-electron chi connectivity index (χ1n) is 34.8. The molecular weight excluding hydrogens is 1690 g/mol. The maximum absolute atomic E-state index is 13.6. The summed E-state index contributed by atoms with van der Waals surface area (Å²) < 4.78 is 91.1. The van der Waals surface area contributed by atoms with Gasteiger partial charge in [-0.1, -0.05) is 216 Å². The Balaban J connectivity index is 0.000000151. The van der Waals surface area contributed by atoms with Crippen LogP contribution in [0.2, 0.25) is 0 Å². The Morgan fingerprint density at radius 2 is 0.410 bits per heavy atom. The van der Waals surface area contributed by atoms with Gasteiger partial charge in [0.1, 0.15) is 69.1 Å². The predicted molar refractivity (Wildman–Crippen MR) is 443 cm³/mol. The topological polar surface area (TPSA) is 264 Å². The molecule has 18 nitrogen and oxygen atoms in total. The second kappa shape index (κ2) is 38.0. The van der Waals surface area contributed by atoms with E-state index in [-0.39, 0.29) is 140 Å². The number of phosphoric acid groups is 3. The molecule has 0 fully saturated rings. The molecule has 1 atom stereocenters. The molecule has 570 valence electrons. The van der Waals surface area contributed by atoms with Gasteiger partial charge in [0.15, 0.2) is 0 Å². The van der Waals surface area contributed by atoms with Crippen LogP contribution in [0.1, 0.15) is 66.8 Å². The van der Waals surface area contributed by atoms with Crippen molar-refractivity contribution in [1.82, 2.24) is 0 Å². The molecule has 0 aromatic heterocycles. The fraction of sp³-hybridized carbons (Fsp3) is 0.0345. The average molecular weight is 1750 g/mol. The van der Waals surface area contributed by atoms with Crippen molar-refractivity contribution in [2.45, 2.75) is 58.7 Å². The number of phosphoric ester groups is 3. The summed E-state index contributed by atoms with van der Waals surface area (Å²) in [6.45, 7) is 0. The number of phenolic OH excluding ortho intramolecular Hbond substituents is 3. The minimum atomic E-state index is -5.00. The third-order valence-electron chi connectivity index (χ3n) is 17.9. The van der Waals surface area contributed by atoms with Gasteiger partial charge < -0.3 is 71.4 Å². The van der Waals surface area contributed by atoms with Crippen molar-refractivity contribution in [3.8, 4) is 34.5 Å². The van der Waals surface area contributed by atoms with E-state index in [4.69, 9.17) is 41.4 Å². The molecule has 0 spiro atoms. The summed E-state index contributed by atoms with van der Waals surface area (Å²) in [6.07, 6.45) is 10.00. The fourth-order valence-electron chi connectivity index (χ4n) is 12.8. The molecule has 1 unspecified atom stereocenters. The van der Waals surface area contributed by atoms with Crippen molar-refractivity contribution < 1.29 is 174 Å². The van der Waals surface area contributed by atoms with Gasteiger partial charge in [-0.2, -0.15) is 0 Å². The average Bonchev–Trinajstić information content (AvgIpc) is 1.65. The van der Waals surface area contributed by atoms with Crippen LogP contribution in [0.25, 0.3) is 71.0 Å². The number of methoxy groups -OCH3 is 3. The van der Waals surface area contributed by atoms with Gasteiger partial charge >= 0.3 is 112 Å². The van der Waals surface area contributed by atoms with E-state index in [0.717, 1.165) is 77.4 Å². The van der Waals surface area contributed by atoms with E-state index in [9.17, 15) is 43.7 Å². The van der Waals surface area contributed by atoms with Crippen LogP contribution in [0.15, 0.2) is 314 Å². The molecular formula is C87H60Na3O18P3S6. The van der Waals surface area contributed by atoms with Crippen LogP contribution >= 0.6 is 94.0 Å². The minimum absolute atomic E-state index is 0. The van der Waals surface area contributed by atoms with Gasteiger partial charge in [0.05, 0.1) is 50.7 Å². The van der Waals surface area contributed by atoms with Crippen molar-refractivity contribution in [3.63, 3.8) is 0 Å². The zero-order valence-corrected chi connectivity index (χ0v) is 76.6. The van der Waals surface area contributed by atoms with E-state index in [1.54, 1.807) is 149 Å². The Hall–Kier alpha value is -7.65. The predicted octanol–water partition coefficient (Wildman–Crippen LogP) is 13.6. The molecule has 18 rings (SSSR count). The van der Waals surface area contributed by atoms with Crippen LogP contribution in [-0.4, -0.2) is 36.6 Å². The molecule has 0 amide bonds. The summed E-state index contributed by atoms with van der Waals surface area (Å²) in [5.74, 6) is 2.42. The smallest absolute Gasteiger partial charge is 0.736 e. The molecule has 0 saturated carbocycles. The van der Waals surface area contributed by atoms with Crippen LogP contribution < -0.4 is 118 Å². The molecule has 117 heavy (non-hydrogen) atoms. The number of aromatic hydroxyl groups is 3. The van der Waals surface area contributed by atoms with Crippen molar-refractivity contribution in [1.29, 1.82) is 0 Å². The zero-order chi connectivity index (χ0) is 78.8. The molecule has 12 aromatic rings. The minimum Gasteiger partial charge on any atom is -0.736 e. The third kappa shape index (κ3) is 19.6. The first-order chi connectivity index (χ1) is 55.2. The van der Waals surface area contributed by atoms with Gasteiger partial charge in [0.2, 0.25) is 0 Å². The van der Waals surface area contributed by atoms with Crippen molar-refractivity contribution in [2.75, 3.05) is 21.3 Å². The SMILES string of the molecule is COc1cccc2c1Sc1ccccc1C=C2OP(=O)([O-])OC1=Cc2ccccc2Sc2c(O)cccc21.COc1cccc2c1Sc1ccccc1C=C2OP(=O)([O-])OC1=Cc2ccccc2Sc2c(OC)cccc21.O=P([O-])(OC1=Cc2ccccc2Sc2c(O)cccc21)OC1=Cc2ccccc2Sc2c(O)cccc21.[Na+].[Na+].[Na+]. The van der Waals surface area contributed by atoms with E-state index >= 15 is 0 Å². The number of phenols is 3. The molecule has 0 aliphatic carbocycles. The Bertz CT molecular complexity index is 6000. The number of fused-ring (bicyclic) bond motifs is 12. The van der Waals surface area contributed by atoms with Gasteiger partial charge in [-0.25, -0.2) is 13.7 Å². The van der Waals surface area contributed by atoms with E-state index in [2.05, 4.69) is 0 Å². The molecule has 0 bridgehead atoms. The normalized spacial score (nSPS) is 13.9. The Kier molecular flexibility index (Phi) is 28.3. The summed E-state index contributed by atoms with van der Waals surface area (Å²) in [5, 5.41) is 31.6. The quantitative estimate of drug-likeness (QED) is 0.0636. The van der Waals surface area contributed by atoms with Crippen molar-refractivity contribution in [3.05, 3.63) is 322 Å². The Labute approximate surface area is 766 Å². The molecule has 30 heteroatoms. The van der Waals surface area contributed by atoms with E-state index in [0.29, 0.717) is 65.3 Å². The Morgan fingerprint density at radius 3 is 0.607 bits per heavy atom. The largest absolute Gasteiger partial charge is 1.00 e. The van der Waals surface area contributed by atoms with Crippen molar-refractivity contribution >= 4 is 165 Å². The molecule has 0 saturated heterocycles. The van der Waals surface area contributed by atoms with Crippen LogP contribution in [0.4, 0.5) is 0 Å². The third-order valence-corrected chi connectivity index (χ3v) is 27.8. The zero-order valence-electron chi connectivity index (χ0n) is 63.0. The maximum atomic E-state index is 13.6. The molecule has 3 N–H and O–H groups in total. The fourth-order valence-corrected chi connectivity index (χ4v) is 21.8. The monoisotopic (exact) mass is 1750 g/mol. The molecule has 0 radical (unpaired) electrons. The number of benzene rings is 12. The number of ether oxygens (including phenoxy) is 3. The van der Waals surface area contributed by atoms with Gasteiger partial charge in [0, 0.05) is 62.8 Å². The van der Waals surface area contributed by atoms with E-state index < -0.39 is 23.5 Å². The first kappa shape index (κ1) is 87.2. The molecule has 6 aliphatic heterocycles. The standard InChI is InChI=1S/C30H23O6PS2.C29H21O6PS2.C28H19O6PS2.3Na/c1-33-23-13-7-11-21-25(17-19-9-3-5-15-27(19)38-29(21)23)35-37(31,32)36-26-18-20-10-4-6-16-28(20)39-30-22(26)12-8-14-24(30)34-2;1-33-23-13-7-11-21-25(17-19-9-3-5-15-27(19)38-29(21)23)35-36(31,32)34-24-16-18-8-2-4-14-26(18)37-28-20(24)10-6-12-22(28)30;29-21-11-5-9-19-23(15-17-7-1-3-13-25(17)36-27(19)21)33-35(31,32)34-24-16-18-8-2-4-14-26(18)37-28-20(24)10-6-12-22(28)30;;;/h3-18H,1-2H3,(H,31,32);2-17,30H,1H3,(H,31,32);1-16,29-30H,(H,31,32);;;/q;;;3*+1/p-3. The van der Waals surface area contributed by atoms with E-state index in [1.165, 1.54) is 70.6 Å². The second-order valence-corrected chi connectivity index (χ2v) is 35.3. The molecule has 12 aromatic carbocycles. The van der Waals surface area contributed by atoms with Crippen LogP contribution in [0.3, 0.4) is 0 Å². The molecule has 6 heterocycles. The first-order valence-corrected chi connectivity index (χ1v) is 44.0. The number of rotatable bonds is 15. The second-order valence-electron chi connectivity index (χ2n) is 25.3. The van der Waals surface area contributed by atoms with E-state index in [1.807, 2.05) is 164 Å². The van der Waals surface area contributed by atoms with Gasteiger partial charge in [-0.3, -0.25) is 0 Å². The van der Waals surface area contributed by atoms with Gasteiger partial charge in [-0.05, 0) is 179 Å². The summed E-state index contributed by atoms with van der Waals surface area (Å²) in [4.78, 5) is 49.5. The summed E-state index contributed by atoms with van der Waals surface area (Å²) >= 11 is 8.45. The van der Waals surface area contributed by atoms with Gasteiger partial charge in [-0.15, -0.1) is 0 Å². The van der Waals surface area contributed by atoms with Crippen LogP contribution in [0, 0.1) is 0 Å². The van der Waals surface area contributed by atoms with Crippen LogP contribution in [0.5, 0.6) is 34.5 Å². The van der Waals surface area contributed by atoms with Crippen molar-refractivity contribution in [2.24, 2.45) is 0 Å². The Morgan fingerprint density at radius 1 is 0.239 bits per heavy atom. The van der Waals surface area contributed by atoms with Crippen LogP contribution in [-0.2, 0) is 40.8 Å². The number of hydrogen-bond donors (Lipinski definition) is 3. The number of hydrogen-bond acceptors (Lipinski definition) is 24. The summed E-state index contributed by atoms with van der Waals surface area (Å²) in [6, 6.07) is 76.3. The van der Waals surface area contributed by atoms with Gasteiger partial charge in [0.25, 0.3) is 0 Å². The maximum Gasteiger partial charge on any atom is 1.00 e.